The average molecular weight is 376 g/mol. The third-order valence-corrected chi connectivity index (χ3v) is 5.80. The van der Waals surface area contributed by atoms with Gasteiger partial charge in [0.15, 0.2) is 11.5 Å². The topological polar surface area (TPSA) is 98.9 Å². The number of benzene rings is 2. The molecule has 7 nitrogen and oxygen atoms in total. The summed E-state index contributed by atoms with van der Waals surface area (Å²) in [5.74, 6) is 0.356. The summed E-state index contributed by atoms with van der Waals surface area (Å²) < 4.78 is 38.4. The smallest absolute Gasteiger partial charge is 0.243 e. The van der Waals surface area contributed by atoms with Gasteiger partial charge in [-0.15, -0.1) is 0 Å². The maximum atomic E-state index is 13.1. The van der Waals surface area contributed by atoms with Crippen molar-refractivity contribution in [3.63, 3.8) is 0 Å². The molecule has 1 amide bonds. The van der Waals surface area contributed by atoms with Crippen LogP contribution >= 0.6 is 0 Å². The Kier molecular flexibility index (Phi) is 5.43. The molecule has 1 aliphatic heterocycles. The Morgan fingerprint density at radius 2 is 1.73 bits per heavy atom. The zero-order chi connectivity index (χ0) is 18.6. The molecule has 2 aromatic rings. The molecule has 1 aliphatic rings. The number of nitrogens with zero attached hydrogens (tertiary/aromatic N) is 1. The van der Waals surface area contributed by atoms with Crippen molar-refractivity contribution in [3.8, 4) is 11.5 Å². The van der Waals surface area contributed by atoms with Gasteiger partial charge in [-0.05, 0) is 17.7 Å². The third-order valence-electron chi connectivity index (χ3n) is 3.96. The highest BCUT2D eigenvalue weighted by Gasteiger charge is 2.27. The van der Waals surface area contributed by atoms with Gasteiger partial charge in [-0.3, -0.25) is 4.79 Å². The van der Waals surface area contributed by atoms with E-state index < -0.39 is 15.9 Å². The van der Waals surface area contributed by atoms with Crippen LogP contribution in [0, 0.1) is 0 Å². The van der Waals surface area contributed by atoms with Crippen LogP contribution in [0.5, 0.6) is 11.5 Å². The second-order valence-corrected chi connectivity index (χ2v) is 7.78. The first kappa shape index (κ1) is 18.2. The van der Waals surface area contributed by atoms with E-state index in [-0.39, 0.29) is 24.4 Å². The van der Waals surface area contributed by atoms with Crippen LogP contribution in [-0.2, 0) is 21.4 Å². The molecule has 0 spiro atoms. The molecule has 0 saturated carbocycles. The molecule has 3 rings (SSSR count). The highest BCUT2D eigenvalue weighted by Crippen LogP contribution is 2.33. The molecule has 0 unspecified atom stereocenters. The summed E-state index contributed by atoms with van der Waals surface area (Å²) in [4.78, 5) is 11.3. The third kappa shape index (κ3) is 4.14. The number of rotatable bonds is 7. The van der Waals surface area contributed by atoms with Gasteiger partial charge in [-0.1, -0.05) is 30.3 Å². The Balaban J connectivity index is 1.91. The molecule has 138 valence electrons. The van der Waals surface area contributed by atoms with Crippen LogP contribution in [0.2, 0.25) is 0 Å². The second-order valence-electron chi connectivity index (χ2n) is 5.85. The Hall–Kier alpha value is -2.58. The van der Waals surface area contributed by atoms with Crippen LogP contribution in [0.3, 0.4) is 0 Å². The number of hydrogen-bond donors (Lipinski definition) is 1. The molecule has 2 aromatic carbocycles. The van der Waals surface area contributed by atoms with Crippen LogP contribution < -0.4 is 15.2 Å². The van der Waals surface area contributed by atoms with Gasteiger partial charge < -0.3 is 15.2 Å². The summed E-state index contributed by atoms with van der Waals surface area (Å²) in [6.45, 7) is 0.940. The Labute approximate surface area is 152 Å². The summed E-state index contributed by atoms with van der Waals surface area (Å²) in [6.07, 6.45) is -0.0589. The second kappa shape index (κ2) is 7.76. The summed E-state index contributed by atoms with van der Waals surface area (Å²) >= 11 is 0. The molecule has 0 atom stereocenters. The minimum Gasteiger partial charge on any atom is -0.486 e. The monoisotopic (exact) mass is 376 g/mol. The summed E-state index contributed by atoms with van der Waals surface area (Å²) in [7, 11) is -3.84. The van der Waals surface area contributed by atoms with Crippen molar-refractivity contribution in [1.82, 2.24) is 4.31 Å². The SMILES string of the molecule is NC(=O)CCN(Cc1ccccc1)S(=O)(=O)c1ccc2c(c1)OCCO2. The molecule has 0 aromatic heterocycles. The van der Waals surface area contributed by atoms with Gasteiger partial charge in [0.05, 0.1) is 4.90 Å². The van der Waals surface area contributed by atoms with E-state index in [2.05, 4.69) is 0 Å². The maximum absolute atomic E-state index is 13.1. The number of fused-ring (bicyclic) bond motifs is 1. The largest absolute Gasteiger partial charge is 0.486 e. The molecule has 2 N–H and O–H groups in total. The Bertz CT molecular complexity index is 884. The van der Waals surface area contributed by atoms with Gasteiger partial charge in [-0.25, -0.2) is 8.42 Å². The fraction of sp³-hybridized carbons (Fsp3) is 0.278. The predicted molar refractivity (Wildman–Crippen MR) is 95.3 cm³/mol. The van der Waals surface area contributed by atoms with E-state index in [1.807, 2.05) is 30.3 Å². The van der Waals surface area contributed by atoms with E-state index in [1.54, 1.807) is 6.07 Å². The van der Waals surface area contributed by atoms with Gasteiger partial charge in [0.25, 0.3) is 0 Å². The van der Waals surface area contributed by atoms with E-state index in [0.717, 1.165) is 5.56 Å². The minimum absolute atomic E-state index is 0.000995. The maximum Gasteiger partial charge on any atom is 0.243 e. The number of hydrogen-bond acceptors (Lipinski definition) is 5. The zero-order valence-corrected chi connectivity index (χ0v) is 14.9. The molecule has 0 fully saturated rings. The van der Waals surface area contributed by atoms with Crippen molar-refractivity contribution < 1.29 is 22.7 Å². The van der Waals surface area contributed by atoms with E-state index in [4.69, 9.17) is 15.2 Å². The van der Waals surface area contributed by atoms with Crippen molar-refractivity contribution in [1.29, 1.82) is 0 Å². The summed E-state index contributed by atoms with van der Waals surface area (Å²) in [5.41, 5.74) is 6.03. The first-order valence-corrected chi connectivity index (χ1v) is 9.63. The lowest BCUT2D eigenvalue weighted by atomic mass is 10.2. The standard InChI is InChI=1S/C18H20N2O5S/c19-18(21)8-9-20(13-14-4-2-1-3-5-14)26(22,23)15-6-7-16-17(12-15)25-11-10-24-16/h1-7,12H,8-11,13H2,(H2,19,21). The fourth-order valence-corrected chi connectivity index (χ4v) is 4.08. The molecule has 26 heavy (non-hydrogen) atoms. The van der Waals surface area contributed by atoms with Crippen molar-refractivity contribution in [2.24, 2.45) is 5.73 Å². The molecule has 0 aliphatic carbocycles. The highest BCUT2D eigenvalue weighted by atomic mass is 32.2. The number of carbonyl (C=O) groups is 1. The fourth-order valence-electron chi connectivity index (χ4n) is 2.64. The van der Waals surface area contributed by atoms with Crippen molar-refractivity contribution in [2.45, 2.75) is 17.9 Å². The number of primary amides is 1. The minimum atomic E-state index is -3.84. The van der Waals surface area contributed by atoms with Crippen molar-refractivity contribution >= 4 is 15.9 Å². The van der Waals surface area contributed by atoms with Gasteiger partial charge in [0, 0.05) is 25.6 Å². The zero-order valence-electron chi connectivity index (χ0n) is 14.1. The van der Waals surface area contributed by atoms with Gasteiger partial charge in [0.1, 0.15) is 13.2 Å². The number of sulfonamides is 1. The van der Waals surface area contributed by atoms with Crippen LogP contribution in [-0.4, -0.2) is 38.4 Å². The average Bonchev–Trinajstić information content (AvgIpc) is 2.65. The lowest BCUT2D eigenvalue weighted by molar-refractivity contribution is -0.118. The quantitative estimate of drug-likeness (QED) is 0.790. The molecule has 1 heterocycles. The molecular weight excluding hydrogens is 356 g/mol. The van der Waals surface area contributed by atoms with E-state index in [1.165, 1.54) is 16.4 Å². The van der Waals surface area contributed by atoms with Crippen LogP contribution in [0.25, 0.3) is 0 Å². The lowest BCUT2D eigenvalue weighted by Crippen LogP contribution is -2.33. The van der Waals surface area contributed by atoms with Crippen LogP contribution in [0.4, 0.5) is 0 Å². The number of ether oxygens (including phenoxy) is 2. The Morgan fingerprint density at radius 1 is 1.04 bits per heavy atom. The predicted octanol–water partition coefficient (Wildman–Crippen LogP) is 1.52. The Morgan fingerprint density at radius 3 is 2.42 bits per heavy atom. The van der Waals surface area contributed by atoms with Gasteiger partial charge in [-0.2, -0.15) is 4.31 Å². The number of nitrogens with two attached hydrogens (primary N) is 1. The van der Waals surface area contributed by atoms with Crippen molar-refractivity contribution in [2.75, 3.05) is 19.8 Å². The molecule has 8 heteroatoms. The van der Waals surface area contributed by atoms with Gasteiger partial charge >= 0.3 is 0 Å². The first-order chi connectivity index (χ1) is 12.5. The van der Waals surface area contributed by atoms with Gasteiger partial charge in [0.2, 0.25) is 15.9 Å². The molecule has 0 saturated heterocycles. The highest BCUT2D eigenvalue weighted by molar-refractivity contribution is 7.89. The molecule has 0 bridgehead atoms. The summed E-state index contributed by atoms with van der Waals surface area (Å²) in [5, 5.41) is 0. The normalized spacial score (nSPS) is 13.6. The number of carbonyl (C=O) groups excluding carboxylic acids is 1. The van der Waals surface area contributed by atoms with E-state index >= 15 is 0 Å². The molecular formula is C18H20N2O5S. The van der Waals surface area contributed by atoms with E-state index in [0.29, 0.717) is 24.7 Å². The van der Waals surface area contributed by atoms with Crippen LogP contribution in [0.1, 0.15) is 12.0 Å². The van der Waals surface area contributed by atoms with Crippen molar-refractivity contribution in [3.05, 3.63) is 54.1 Å². The first-order valence-electron chi connectivity index (χ1n) is 8.19. The number of amides is 1. The van der Waals surface area contributed by atoms with E-state index in [9.17, 15) is 13.2 Å². The van der Waals surface area contributed by atoms with Crippen LogP contribution in [0.15, 0.2) is 53.4 Å². The molecule has 0 radical (unpaired) electrons. The lowest BCUT2D eigenvalue weighted by Gasteiger charge is -2.23. The summed E-state index contributed by atoms with van der Waals surface area (Å²) in [6, 6.07) is 13.7.